The summed E-state index contributed by atoms with van der Waals surface area (Å²) in [6.07, 6.45) is 6.51. The molecule has 0 aliphatic heterocycles. The van der Waals surface area contributed by atoms with Crippen molar-refractivity contribution in [1.82, 2.24) is 15.0 Å². The van der Waals surface area contributed by atoms with Crippen LogP contribution in [0.15, 0.2) is 48.9 Å². The van der Waals surface area contributed by atoms with Crippen LogP contribution in [0.25, 0.3) is 0 Å². The molecular weight excluding hydrogens is 345 g/mol. The molecule has 0 saturated heterocycles. The zero-order chi connectivity index (χ0) is 18.8. The van der Waals surface area contributed by atoms with Crippen LogP contribution in [0.2, 0.25) is 0 Å². The Morgan fingerprint density at radius 2 is 1.93 bits per heavy atom. The van der Waals surface area contributed by atoms with Gasteiger partial charge in [0.05, 0.1) is 18.1 Å². The molecule has 27 heavy (non-hydrogen) atoms. The summed E-state index contributed by atoms with van der Waals surface area (Å²) >= 11 is 0. The van der Waals surface area contributed by atoms with E-state index >= 15 is 0 Å². The minimum atomic E-state index is -0.432. The van der Waals surface area contributed by atoms with Crippen LogP contribution < -0.4 is 10.5 Å². The molecule has 1 fully saturated rings. The highest BCUT2D eigenvalue weighted by Crippen LogP contribution is 2.47. The molecule has 0 amide bonds. The first-order valence-electron chi connectivity index (χ1n) is 8.53. The van der Waals surface area contributed by atoms with E-state index in [4.69, 9.17) is 15.7 Å². The van der Waals surface area contributed by atoms with Gasteiger partial charge in [-0.3, -0.25) is 4.98 Å². The minimum absolute atomic E-state index is 0.120. The van der Waals surface area contributed by atoms with Gasteiger partial charge in [-0.1, -0.05) is 6.07 Å². The van der Waals surface area contributed by atoms with E-state index in [0.717, 1.165) is 24.1 Å². The van der Waals surface area contributed by atoms with E-state index in [1.807, 2.05) is 12.1 Å². The average Bonchev–Trinajstić information content (AvgIpc) is 2.64. The van der Waals surface area contributed by atoms with Crippen molar-refractivity contribution >= 4 is 5.82 Å². The van der Waals surface area contributed by atoms with Crippen LogP contribution in [-0.4, -0.2) is 15.0 Å². The van der Waals surface area contributed by atoms with Crippen molar-refractivity contribution < 1.29 is 9.13 Å². The molecule has 1 aliphatic rings. The molecule has 6 nitrogen and oxygen atoms in total. The summed E-state index contributed by atoms with van der Waals surface area (Å²) in [4.78, 5) is 12.2. The first-order valence-corrected chi connectivity index (χ1v) is 8.53. The van der Waals surface area contributed by atoms with Crippen LogP contribution in [0, 0.1) is 17.1 Å². The molecule has 4 rings (SSSR count). The predicted octanol–water partition coefficient (Wildman–Crippen LogP) is 3.92. The van der Waals surface area contributed by atoms with Gasteiger partial charge in [-0.25, -0.2) is 14.4 Å². The fraction of sp³-hybridized carbons (Fsp3) is 0.200. The Kier molecular flexibility index (Phi) is 4.38. The van der Waals surface area contributed by atoms with Gasteiger partial charge >= 0.3 is 0 Å². The Morgan fingerprint density at radius 1 is 1.07 bits per heavy atom. The number of pyridine rings is 1. The Bertz CT molecular complexity index is 1010. The van der Waals surface area contributed by atoms with Crippen molar-refractivity contribution in [3.63, 3.8) is 0 Å². The molecule has 134 valence electrons. The van der Waals surface area contributed by atoms with Crippen LogP contribution in [0.1, 0.15) is 41.6 Å². The molecule has 1 aliphatic carbocycles. The number of rotatable bonds is 4. The zero-order valence-electron chi connectivity index (χ0n) is 14.3. The second kappa shape index (κ2) is 7.00. The lowest BCUT2D eigenvalue weighted by atomic mass is 9.70. The van der Waals surface area contributed by atoms with Crippen molar-refractivity contribution in [2.75, 3.05) is 5.73 Å². The zero-order valence-corrected chi connectivity index (χ0v) is 14.3. The molecular formula is C20H16FN5O. The molecule has 2 heterocycles. The number of hydrogen-bond donors (Lipinski definition) is 1. The van der Waals surface area contributed by atoms with Crippen LogP contribution in [0.4, 0.5) is 10.2 Å². The Balaban J connectivity index is 1.43. The maximum absolute atomic E-state index is 14.5. The SMILES string of the molecule is N#Cc1cc(Oc2ccc(C3CC(c4cnc(N)cn4)C3)cc2F)ccn1. The molecule has 0 bridgehead atoms. The summed E-state index contributed by atoms with van der Waals surface area (Å²) in [6, 6.07) is 9.98. The normalized spacial score (nSPS) is 18.4. The van der Waals surface area contributed by atoms with Crippen molar-refractivity contribution in [2.24, 2.45) is 0 Å². The summed E-state index contributed by atoms with van der Waals surface area (Å²) in [6.45, 7) is 0. The van der Waals surface area contributed by atoms with E-state index < -0.39 is 5.82 Å². The van der Waals surface area contributed by atoms with Gasteiger partial charge in [0, 0.05) is 18.2 Å². The van der Waals surface area contributed by atoms with Crippen LogP contribution in [-0.2, 0) is 0 Å². The number of halogens is 1. The van der Waals surface area contributed by atoms with Gasteiger partial charge in [0.1, 0.15) is 23.3 Å². The number of nitrogen functional groups attached to an aromatic ring is 1. The number of anilines is 1. The van der Waals surface area contributed by atoms with E-state index in [2.05, 4.69) is 15.0 Å². The van der Waals surface area contributed by atoms with Crippen LogP contribution >= 0.6 is 0 Å². The molecule has 7 heteroatoms. The van der Waals surface area contributed by atoms with Crippen LogP contribution in [0.3, 0.4) is 0 Å². The number of ether oxygens (including phenoxy) is 1. The quantitative estimate of drug-likeness (QED) is 0.756. The van der Waals surface area contributed by atoms with Gasteiger partial charge in [0.25, 0.3) is 0 Å². The monoisotopic (exact) mass is 361 g/mol. The Labute approximate surface area is 155 Å². The fourth-order valence-electron chi connectivity index (χ4n) is 3.21. The molecule has 0 atom stereocenters. The molecule has 1 saturated carbocycles. The number of nitrogens with zero attached hydrogens (tertiary/aromatic N) is 4. The molecule has 2 N–H and O–H groups in total. The highest BCUT2D eigenvalue weighted by Gasteiger charge is 2.33. The van der Waals surface area contributed by atoms with E-state index in [1.54, 1.807) is 24.5 Å². The lowest BCUT2D eigenvalue weighted by Gasteiger charge is -2.35. The third-order valence-electron chi connectivity index (χ3n) is 4.75. The lowest BCUT2D eigenvalue weighted by molar-refractivity contribution is 0.342. The van der Waals surface area contributed by atoms with Gasteiger partial charge < -0.3 is 10.5 Å². The topological polar surface area (TPSA) is 97.7 Å². The van der Waals surface area contributed by atoms with Crippen molar-refractivity contribution in [3.05, 3.63) is 71.7 Å². The van der Waals surface area contributed by atoms with Crippen molar-refractivity contribution in [3.8, 4) is 17.6 Å². The van der Waals surface area contributed by atoms with Crippen LogP contribution in [0.5, 0.6) is 11.5 Å². The third kappa shape index (κ3) is 3.55. The molecule has 0 spiro atoms. The highest BCUT2D eigenvalue weighted by atomic mass is 19.1. The summed E-state index contributed by atoms with van der Waals surface area (Å²) in [5.74, 6) is 1.07. The molecule has 1 aromatic carbocycles. The minimum Gasteiger partial charge on any atom is -0.454 e. The standard InChI is InChI=1S/C20H16FN5O/c21-17-7-12(13-5-14(6-13)18-10-26-20(23)11-25-18)1-2-19(17)27-16-3-4-24-15(8-16)9-22/h1-4,7-8,10-11,13-14H,5-6H2,(H2,23,26). The summed E-state index contributed by atoms with van der Waals surface area (Å²) in [5, 5.41) is 8.87. The van der Waals surface area contributed by atoms with Gasteiger partial charge in [0.15, 0.2) is 11.6 Å². The molecule has 2 aromatic heterocycles. The third-order valence-corrected chi connectivity index (χ3v) is 4.75. The molecule has 3 aromatic rings. The number of aromatic nitrogens is 3. The van der Waals surface area contributed by atoms with E-state index in [1.165, 1.54) is 18.3 Å². The molecule has 0 radical (unpaired) electrons. The largest absolute Gasteiger partial charge is 0.454 e. The highest BCUT2D eigenvalue weighted by molar-refractivity contribution is 5.38. The van der Waals surface area contributed by atoms with Gasteiger partial charge in [-0.15, -0.1) is 0 Å². The second-order valence-corrected chi connectivity index (χ2v) is 6.51. The van der Waals surface area contributed by atoms with Crippen molar-refractivity contribution in [2.45, 2.75) is 24.7 Å². The summed E-state index contributed by atoms with van der Waals surface area (Å²) in [7, 11) is 0. The van der Waals surface area contributed by atoms with Crippen molar-refractivity contribution in [1.29, 1.82) is 5.26 Å². The molecule has 0 unspecified atom stereocenters. The summed E-state index contributed by atoms with van der Waals surface area (Å²) in [5.41, 5.74) is 7.64. The number of benzene rings is 1. The van der Waals surface area contributed by atoms with E-state index in [-0.39, 0.29) is 17.4 Å². The Morgan fingerprint density at radius 3 is 2.63 bits per heavy atom. The van der Waals surface area contributed by atoms with E-state index in [9.17, 15) is 4.39 Å². The maximum Gasteiger partial charge on any atom is 0.166 e. The first kappa shape index (κ1) is 16.9. The lowest BCUT2D eigenvalue weighted by Crippen LogP contribution is -2.21. The number of nitriles is 1. The van der Waals surface area contributed by atoms with Gasteiger partial charge in [-0.2, -0.15) is 5.26 Å². The maximum atomic E-state index is 14.5. The smallest absolute Gasteiger partial charge is 0.166 e. The predicted molar refractivity (Wildman–Crippen MR) is 96.6 cm³/mol. The number of nitrogens with two attached hydrogens (primary N) is 1. The number of hydrogen-bond acceptors (Lipinski definition) is 6. The van der Waals surface area contributed by atoms with E-state index in [0.29, 0.717) is 17.5 Å². The Hall–Kier alpha value is -3.53. The average molecular weight is 361 g/mol. The fourth-order valence-corrected chi connectivity index (χ4v) is 3.21. The van der Waals surface area contributed by atoms with Gasteiger partial charge in [0.2, 0.25) is 0 Å². The van der Waals surface area contributed by atoms with Gasteiger partial charge in [-0.05, 0) is 42.5 Å². The first-order chi connectivity index (χ1) is 13.1. The summed E-state index contributed by atoms with van der Waals surface area (Å²) < 4.78 is 20.0. The second-order valence-electron chi connectivity index (χ2n) is 6.51.